The third-order valence-corrected chi connectivity index (χ3v) is 4.34. The van der Waals surface area contributed by atoms with Crippen LogP contribution in [0, 0.1) is 27.7 Å². The van der Waals surface area contributed by atoms with Crippen LogP contribution in [0.3, 0.4) is 0 Å². The van der Waals surface area contributed by atoms with E-state index in [2.05, 4.69) is 12.1 Å². The summed E-state index contributed by atoms with van der Waals surface area (Å²) in [7, 11) is 0. The van der Waals surface area contributed by atoms with E-state index in [1.807, 2.05) is 27.7 Å². The maximum atomic E-state index is 11.6. The summed E-state index contributed by atoms with van der Waals surface area (Å²) in [6.45, 7) is 7.89. The molecule has 0 bridgehead atoms. The monoisotopic (exact) mass is 332 g/mol. The molecule has 1 unspecified atom stereocenters. The highest BCUT2D eigenvalue weighted by molar-refractivity contribution is 6.31. The second kappa shape index (κ2) is 7.05. The Morgan fingerprint density at radius 3 is 2.22 bits per heavy atom. The van der Waals surface area contributed by atoms with E-state index in [-0.39, 0.29) is 0 Å². The molecule has 0 aliphatic rings. The lowest BCUT2D eigenvalue weighted by molar-refractivity contribution is -0.145. The fourth-order valence-corrected chi connectivity index (χ4v) is 2.87. The number of halogens is 1. The van der Waals surface area contributed by atoms with E-state index in [0.717, 1.165) is 22.3 Å². The van der Waals surface area contributed by atoms with E-state index in [0.29, 0.717) is 17.2 Å². The Hall–Kier alpha value is -2.00. The van der Waals surface area contributed by atoms with E-state index in [1.165, 1.54) is 5.56 Å². The van der Waals surface area contributed by atoms with Crippen LogP contribution in [0.25, 0.3) is 0 Å². The highest BCUT2D eigenvalue weighted by atomic mass is 35.5. The average molecular weight is 333 g/mol. The molecule has 1 N–H and O–H groups in total. The molecule has 122 valence electrons. The summed E-state index contributed by atoms with van der Waals surface area (Å²) in [6.07, 6.45) is -0.606. The van der Waals surface area contributed by atoms with Crippen molar-refractivity contribution >= 4 is 17.6 Å². The zero-order valence-electron chi connectivity index (χ0n) is 13.8. The van der Waals surface area contributed by atoms with Crippen LogP contribution in [0.5, 0.6) is 5.75 Å². The van der Waals surface area contributed by atoms with Gasteiger partial charge in [-0.1, -0.05) is 29.3 Å². The second-order valence-electron chi connectivity index (χ2n) is 5.94. The van der Waals surface area contributed by atoms with Crippen molar-refractivity contribution in [3.05, 3.63) is 63.2 Å². The van der Waals surface area contributed by atoms with Gasteiger partial charge in [-0.3, -0.25) is 0 Å². The van der Waals surface area contributed by atoms with Gasteiger partial charge in [-0.2, -0.15) is 0 Å². The molecule has 0 aromatic heterocycles. The molecule has 0 saturated heterocycles. The van der Waals surface area contributed by atoms with E-state index < -0.39 is 12.1 Å². The fourth-order valence-electron chi connectivity index (χ4n) is 2.75. The van der Waals surface area contributed by atoms with Crippen LogP contribution in [0.15, 0.2) is 30.3 Å². The van der Waals surface area contributed by atoms with Gasteiger partial charge in [-0.15, -0.1) is 0 Å². The van der Waals surface area contributed by atoms with Crippen LogP contribution >= 0.6 is 11.6 Å². The number of hydrogen-bond donors (Lipinski definition) is 1. The minimum Gasteiger partial charge on any atom is -0.478 e. The van der Waals surface area contributed by atoms with Gasteiger partial charge in [-0.25, -0.2) is 4.79 Å². The maximum absolute atomic E-state index is 11.6. The molecule has 0 amide bonds. The number of hydrogen-bond acceptors (Lipinski definition) is 2. The SMILES string of the molecule is Cc1cc(C)c(CC(Oc2ccc(Cl)c(C)c2)C(=O)O)c(C)c1. The first kappa shape index (κ1) is 17.4. The summed E-state index contributed by atoms with van der Waals surface area (Å²) in [5.74, 6) is -0.460. The van der Waals surface area contributed by atoms with Crippen molar-refractivity contribution in [1.29, 1.82) is 0 Å². The smallest absolute Gasteiger partial charge is 0.345 e. The van der Waals surface area contributed by atoms with Crippen LogP contribution in [-0.4, -0.2) is 17.2 Å². The normalized spacial score (nSPS) is 12.0. The molecular weight excluding hydrogens is 312 g/mol. The van der Waals surface area contributed by atoms with Crippen LogP contribution in [0.2, 0.25) is 5.02 Å². The Labute approximate surface area is 141 Å². The summed E-state index contributed by atoms with van der Waals surface area (Å²) in [6, 6.07) is 9.29. The minimum absolute atomic E-state index is 0.328. The molecule has 3 nitrogen and oxygen atoms in total. The van der Waals surface area contributed by atoms with Gasteiger partial charge in [0.1, 0.15) is 5.75 Å². The summed E-state index contributed by atoms with van der Waals surface area (Å²) < 4.78 is 5.70. The molecule has 0 saturated carbocycles. The first-order chi connectivity index (χ1) is 10.8. The predicted molar refractivity (Wildman–Crippen MR) is 92.6 cm³/mol. The summed E-state index contributed by atoms with van der Waals surface area (Å²) in [4.78, 5) is 11.6. The fraction of sp³-hybridized carbons (Fsp3) is 0.316. The van der Waals surface area contributed by atoms with Crippen molar-refractivity contribution in [1.82, 2.24) is 0 Å². The van der Waals surface area contributed by atoms with Gasteiger partial charge in [0, 0.05) is 11.4 Å². The second-order valence-corrected chi connectivity index (χ2v) is 6.34. The van der Waals surface area contributed by atoms with Crippen molar-refractivity contribution in [2.24, 2.45) is 0 Å². The number of rotatable bonds is 5. The average Bonchev–Trinajstić information content (AvgIpc) is 2.45. The molecule has 0 aliphatic heterocycles. The predicted octanol–water partition coefficient (Wildman–Crippen LogP) is 4.65. The number of benzene rings is 2. The first-order valence-electron chi connectivity index (χ1n) is 7.50. The summed E-state index contributed by atoms with van der Waals surface area (Å²) in [5, 5.41) is 10.1. The van der Waals surface area contributed by atoms with Crippen molar-refractivity contribution in [3.8, 4) is 5.75 Å². The number of aliphatic carboxylic acids is 1. The van der Waals surface area contributed by atoms with Gasteiger partial charge in [0.2, 0.25) is 0 Å². The van der Waals surface area contributed by atoms with Gasteiger partial charge >= 0.3 is 5.97 Å². The molecule has 0 spiro atoms. The van der Waals surface area contributed by atoms with Crippen LogP contribution in [0.1, 0.15) is 27.8 Å². The zero-order chi connectivity index (χ0) is 17.1. The van der Waals surface area contributed by atoms with E-state index in [9.17, 15) is 9.90 Å². The van der Waals surface area contributed by atoms with E-state index in [1.54, 1.807) is 18.2 Å². The maximum Gasteiger partial charge on any atom is 0.345 e. The third kappa shape index (κ3) is 4.26. The van der Waals surface area contributed by atoms with E-state index >= 15 is 0 Å². The Balaban J connectivity index is 2.26. The molecule has 0 heterocycles. The van der Waals surface area contributed by atoms with Gasteiger partial charge in [-0.05, 0) is 68.1 Å². The first-order valence-corrected chi connectivity index (χ1v) is 7.88. The molecular formula is C19H21ClO3. The Bertz CT molecular complexity index is 714. The van der Waals surface area contributed by atoms with Crippen molar-refractivity contribution < 1.29 is 14.6 Å². The summed E-state index contributed by atoms with van der Waals surface area (Å²) in [5.41, 5.74) is 5.23. The molecule has 4 heteroatoms. The van der Waals surface area contributed by atoms with Gasteiger partial charge in [0.25, 0.3) is 0 Å². The summed E-state index contributed by atoms with van der Waals surface area (Å²) >= 11 is 5.99. The Morgan fingerprint density at radius 1 is 1.09 bits per heavy atom. The minimum atomic E-state index is -0.975. The molecule has 2 aromatic carbocycles. The third-order valence-electron chi connectivity index (χ3n) is 3.91. The highest BCUT2D eigenvalue weighted by Crippen LogP contribution is 2.24. The topological polar surface area (TPSA) is 46.5 Å². The van der Waals surface area contributed by atoms with Crippen molar-refractivity contribution in [2.75, 3.05) is 0 Å². The van der Waals surface area contributed by atoms with Crippen molar-refractivity contribution in [3.63, 3.8) is 0 Å². The zero-order valence-corrected chi connectivity index (χ0v) is 14.6. The number of carbonyl (C=O) groups is 1. The molecule has 0 radical (unpaired) electrons. The Kier molecular flexibility index (Phi) is 5.32. The molecule has 0 fully saturated rings. The van der Waals surface area contributed by atoms with Crippen LogP contribution in [0.4, 0.5) is 0 Å². The van der Waals surface area contributed by atoms with Gasteiger partial charge in [0.05, 0.1) is 0 Å². The van der Waals surface area contributed by atoms with E-state index in [4.69, 9.17) is 16.3 Å². The molecule has 2 rings (SSSR count). The van der Waals surface area contributed by atoms with Crippen LogP contribution in [-0.2, 0) is 11.2 Å². The largest absolute Gasteiger partial charge is 0.478 e. The van der Waals surface area contributed by atoms with Crippen LogP contribution < -0.4 is 4.74 Å². The standard InChI is InChI=1S/C19H21ClO3/c1-11-7-12(2)16(13(3)8-11)10-18(19(21)22)23-15-5-6-17(20)14(4)9-15/h5-9,18H,10H2,1-4H3,(H,21,22). The lowest BCUT2D eigenvalue weighted by atomic mass is 9.95. The lowest BCUT2D eigenvalue weighted by Gasteiger charge is -2.19. The van der Waals surface area contributed by atoms with Gasteiger partial charge < -0.3 is 9.84 Å². The Morgan fingerprint density at radius 2 is 1.70 bits per heavy atom. The van der Waals surface area contributed by atoms with Crippen molar-refractivity contribution in [2.45, 2.75) is 40.2 Å². The number of carboxylic acids is 1. The number of ether oxygens (including phenoxy) is 1. The molecule has 23 heavy (non-hydrogen) atoms. The molecule has 2 aromatic rings. The number of aryl methyl sites for hydroxylation is 4. The molecule has 0 aliphatic carbocycles. The quantitative estimate of drug-likeness (QED) is 0.867. The lowest BCUT2D eigenvalue weighted by Crippen LogP contribution is -2.30. The number of carboxylic acid groups (broad SMARTS) is 1. The molecule has 1 atom stereocenters. The highest BCUT2D eigenvalue weighted by Gasteiger charge is 2.22. The van der Waals surface area contributed by atoms with Gasteiger partial charge in [0.15, 0.2) is 6.10 Å².